The average Bonchev–Trinajstić information content (AvgIpc) is 3.26. The van der Waals surface area contributed by atoms with Crippen LogP contribution in [0.5, 0.6) is 11.5 Å². The lowest BCUT2D eigenvalue weighted by atomic mass is 10.0. The Balaban J connectivity index is 2.18. The minimum Gasteiger partial charge on any atom is -0.493 e. The van der Waals surface area contributed by atoms with Gasteiger partial charge in [-0.15, -0.1) is 0 Å². The number of rotatable bonds is 49. The van der Waals surface area contributed by atoms with Gasteiger partial charge in [0.05, 0.1) is 13.2 Å². The van der Waals surface area contributed by atoms with Gasteiger partial charge in [0, 0.05) is 6.07 Å². The van der Waals surface area contributed by atoms with Crippen LogP contribution in [0.3, 0.4) is 0 Å². The molecule has 1 aromatic rings. The van der Waals surface area contributed by atoms with E-state index in [4.69, 9.17) is 19.9 Å². The predicted molar refractivity (Wildman–Crippen MR) is 271 cm³/mol. The summed E-state index contributed by atoms with van der Waals surface area (Å²) in [5, 5.41) is 0. The van der Waals surface area contributed by atoms with Crippen LogP contribution in [-0.4, -0.2) is 25.2 Å². The highest BCUT2D eigenvalue weighted by Crippen LogP contribution is 2.25. The van der Waals surface area contributed by atoms with E-state index in [2.05, 4.69) is 27.7 Å². The summed E-state index contributed by atoms with van der Waals surface area (Å²) in [6.07, 6.45) is 55.9. The lowest BCUT2D eigenvalue weighted by Gasteiger charge is -2.15. The molecule has 364 valence electrons. The monoisotopic (exact) mass is 870 g/mol. The van der Waals surface area contributed by atoms with Gasteiger partial charge in [-0.3, -0.25) is 4.79 Å². The molecule has 62 heavy (non-hydrogen) atoms. The van der Waals surface area contributed by atoms with Crippen LogP contribution in [0.1, 0.15) is 297 Å². The molecule has 1 aromatic carbocycles. The standard InChI is InChI=1S/C57H107NO4/c1-5-7-9-11-13-15-17-19-21-23-25-27-29-31-33-35-37-39-41-43-45-60-54-48-53(51-62-57(59)56(58)47-52(3)4)49-55(50-54)61-46-44-42-40-38-36-34-32-30-28-26-24-22-20-18-16-14-12-10-8-6-2/h48-50,52,56H,5-47,51,58H2,1-4H3/t56-/m0/s1. The van der Waals surface area contributed by atoms with Gasteiger partial charge in [0.25, 0.3) is 0 Å². The van der Waals surface area contributed by atoms with Crippen molar-refractivity contribution in [1.82, 2.24) is 0 Å². The van der Waals surface area contributed by atoms with E-state index in [0.717, 1.165) is 29.9 Å². The van der Waals surface area contributed by atoms with E-state index < -0.39 is 6.04 Å². The van der Waals surface area contributed by atoms with Crippen LogP contribution in [-0.2, 0) is 16.1 Å². The van der Waals surface area contributed by atoms with Crippen LogP contribution in [0.25, 0.3) is 0 Å². The first-order valence-electron chi connectivity index (χ1n) is 27.8. The highest BCUT2D eigenvalue weighted by molar-refractivity contribution is 5.75. The fourth-order valence-corrected chi connectivity index (χ4v) is 8.84. The number of esters is 1. The van der Waals surface area contributed by atoms with Gasteiger partial charge >= 0.3 is 5.97 Å². The summed E-state index contributed by atoms with van der Waals surface area (Å²) >= 11 is 0. The Kier molecular flexibility index (Phi) is 43.0. The molecule has 0 aliphatic rings. The molecule has 1 atom stereocenters. The molecule has 5 nitrogen and oxygen atoms in total. The van der Waals surface area contributed by atoms with Crippen LogP contribution < -0.4 is 15.2 Å². The molecule has 0 amide bonds. The molecule has 0 unspecified atom stereocenters. The summed E-state index contributed by atoms with van der Waals surface area (Å²) in [5.74, 6) is 1.58. The molecular formula is C57H107NO4. The Labute approximate surface area is 387 Å². The van der Waals surface area contributed by atoms with E-state index in [1.165, 1.54) is 244 Å². The number of carbonyl (C=O) groups is 1. The van der Waals surface area contributed by atoms with E-state index in [0.29, 0.717) is 25.6 Å². The van der Waals surface area contributed by atoms with Gasteiger partial charge < -0.3 is 19.9 Å². The van der Waals surface area contributed by atoms with E-state index in [1.54, 1.807) is 0 Å². The third-order valence-corrected chi connectivity index (χ3v) is 12.9. The van der Waals surface area contributed by atoms with E-state index in [9.17, 15) is 4.79 Å². The van der Waals surface area contributed by atoms with Gasteiger partial charge in [0.2, 0.25) is 0 Å². The molecule has 0 aliphatic heterocycles. The Morgan fingerprint density at radius 1 is 0.419 bits per heavy atom. The first-order valence-corrected chi connectivity index (χ1v) is 27.8. The lowest BCUT2D eigenvalue weighted by Crippen LogP contribution is -2.33. The predicted octanol–water partition coefficient (Wildman–Crippen LogP) is 18.5. The van der Waals surface area contributed by atoms with Crippen molar-refractivity contribution in [2.24, 2.45) is 11.7 Å². The molecule has 2 N–H and O–H groups in total. The maximum Gasteiger partial charge on any atom is 0.323 e. The molecule has 0 aromatic heterocycles. The summed E-state index contributed by atoms with van der Waals surface area (Å²) in [7, 11) is 0. The van der Waals surface area contributed by atoms with Crippen molar-refractivity contribution < 1.29 is 19.0 Å². The smallest absolute Gasteiger partial charge is 0.323 e. The van der Waals surface area contributed by atoms with Crippen LogP contribution in [0.4, 0.5) is 0 Å². The SMILES string of the molecule is CCCCCCCCCCCCCCCCCCCCCCOc1cc(COC(=O)[C@@H](N)CC(C)C)cc(OCCCCCCCCCCCCCCCCCCCCCC)c1. The second-order valence-corrected chi connectivity index (χ2v) is 19.8. The van der Waals surface area contributed by atoms with Crippen LogP contribution >= 0.6 is 0 Å². The normalized spacial score (nSPS) is 12.0. The zero-order valence-corrected chi connectivity index (χ0v) is 42.2. The zero-order valence-electron chi connectivity index (χ0n) is 42.2. The molecule has 0 spiro atoms. The number of hydrogen-bond acceptors (Lipinski definition) is 5. The van der Waals surface area contributed by atoms with Crippen LogP contribution in [0.2, 0.25) is 0 Å². The number of benzene rings is 1. The quantitative estimate of drug-likeness (QED) is 0.0522. The second kappa shape index (κ2) is 45.8. The van der Waals surface area contributed by atoms with Gasteiger partial charge in [-0.2, -0.15) is 0 Å². The highest BCUT2D eigenvalue weighted by atomic mass is 16.5. The molecular weight excluding hydrogens is 763 g/mol. The molecule has 1 rings (SSSR count). The van der Waals surface area contributed by atoms with Gasteiger partial charge in [-0.05, 0) is 42.9 Å². The van der Waals surface area contributed by atoms with E-state index >= 15 is 0 Å². The summed E-state index contributed by atoms with van der Waals surface area (Å²) in [6, 6.07) is 5.39. The Bertz CT molecular complexity index is 1010. The maximum atomic E-state index is 12.6. The van der Waals surface area contributed by atoms with Crippen molar-refractivity contribution in [3.63, 3.8) is 0 Å². The number of hydrogen-bond donors (Lipinski definition) is 1. The summed E-state index contributed by atoms with van der Waals surface area (Å²) in [5.41, 5.74) is 6.98. The third-order valence-electron chi connectivity index (χ3n) is 12.9. The highest BCUT2D eigenvalue weighted by Gasteiger charge is 2.17. The summed E-state index contributed by atoms with van der Waals surface area (Å²) in [4.78, 5) is 12.6. The van der Waals surface area contributed by atoms with Gasteiger partial charge in [0.1, 0.15) is 24.1 Å². The summed E-state index contributed by atoms with van der Waals surface area (Å²) in [6.45, 7) is 10.3. The third kappa shape index (κ3) is 39.8. The van der Waals surface area contributed by atoms with Crippen molar-refractivity contribution in [3.8, 4) is 11.5 Å². The molecule has 0 bridgehead atoms. The zero-order chi connectivity index (χ0) is 44.8. The van der Waals surface area contributed by atoms with Crippen molar-refractivity contribution in [2.75, 3.05) is 13.2 Å². The van der Waals surface area contributed by atoms with Crippen molar-refractivity contribution in [3.05, 3.63) is 23.8 Å². The largest absolute Gasteiger partial charge is 0.493 e. The maximum absolute atomic E-state index is 12.6. The van der Waals surface area contributed by atoms with Crippen LogP contribution in [0, 0.1) is 5.92 Å². The molecule has 5 heteroatoms. The number of nitrogens with two attached hydrogens (primary N) is 1. The van der Waals surface area contributed by atoms with Crippen LogP contribution in [0.15, 0.2) is 18.2 Å². The first kappa shape index (κ1) is 58.3. The van der Waals surface area contributed by atoms with E-state index in [1.807, 2.05) is 18.2 Å². The molecule has 0 radical (unpaired) electrons. The lowest BCUT2D eigenvalue weighted by molar-refractivity contribution is -0.146. The fourth-order valence-electron chi connectivity index (χ4n) is 8.84. The number of carbonyl (C=O) groups excluding carboxylic acids is 1. The Morgan fingerprint density at radius 2 is 0.677 bits per heavy atom. The Hall–Kier alpha value is -1.75. The molecule has 0 fully saturated rings. The topological polar surface area (TPSA) is 70.8 Å². The van der Waals surface area contributed by atoms with Gasteiger partial charge in [0.15, 0.2) is 0 Å². The molecule has 0 heterocycles. The van der Waals surface area contributed by atoms with E-state index in [-0.39, 0.29) is 12.6 Å². The molecule has 0 saturated carbocycles. The van der Waals surface area contributed by atoms with Gasteiger partial charge in [-0.1, -0.05) is 272 Å². The first-order chi connectivity index (χ1) is 30.5. The number of ether oxygens (including phenoxy) is 3. The van der Waals surface area contributed by atoms with Crippen molar-refractivity contribution in [1.29, 1.82) is 0 Å². The minimum absolute atomic E-state index is 0.177. The molecule has 0 aliphatic carbocycles. The number of unbranched alkanes of at least 4 members (excludes halogenated alkanes) is 38. The Morgan fingerprint density at radius 3 is 0.935 bits per heavy atom. The average molecular weight is 870 g/mol. The van der Waals surface area contributed by atoms with Crippen molar-refractivity contribution in [2.45, 2.75) is 304 Å². The minimum atomic E-state index is -0.594. The fraction of sp³-hybridized carbons (Fsp3) is 0.877. The van der Waals surface area contributed by atoms with Gasteiger partial charge in [-0.25, -0.2) is 0 Å². The van der Waals surface area contributed by atoms with Crippen molar-refractivity contribution >= 4 is 5.97 Å². The molecule has 0 saturated heterocycles. The second-order valence-electron chi connectivity index (χ2n) is 19.8. The summed E-state index contributed by atoms with van der Waals surface area (Å²) < 4.78 is 18.1.